The van der Waals surface area contributed by atoms with E-state index >= 15 is 0 Å². The molecule has 3 aliphatic heterocycles. The fourth-order valence-electron chi connectivity index (χ4n) is 6.75. The Morgan fingerprint density at radius 1 is 0.923 bits per heavy atom. The Kier molecular flexibility index (Phi) is 5.51. The Bertz CT molecular complexity index is 1690. The molecular formula is C32H23BrN2O3S. The van der Waals surface area contributed by atoms with Crippen LogP contribution in [-0.4, -0.2) is 29.6 Å². The van der Waals surface area contributed by atoms with Gasteiger partial charge in [-0.25, -0.2) is 0 Å². The molecular weight excluding hydrogens is 572 g/mol. The summed E-state index contributed by atoms with van der Waals surface area (Å²) in [5.41, 5.74) is 3.49. The second-order valence-corrected chi connectivity index (χ2v) is 12.1. The van der Waals surface area contributed by atoms with Crippen molar-refractivity contribution >= 4 is 61.7 Å². The van der Waals surface area contributed by atoms with E-state index in [-0.39, 0.29) is 17.5 Å². The van der Waals surface area contributed by atoms with Crippen LogP contribution in [0.25, 0.3) is 5.57 Å². The van der Waals surface area contributed by atoms with Crippen LogP contribution in [0.1, 0.15) is 38.1 Å². The molecule has 1 saturated heterocycles. The van der Waals surface area contributed by atoms with Crippen LogP contribution in [0.4, 0.5) is 11.4 Å². The van der Waals surface area contributed by atoms with Gasteiger partial charge in [0.1, 0.15) is 11.5 Å². The summed E-state index contributed by atoms with van der Waals surface area (Å²) >= 11 is 4.82. The quantitative estimate of drug-likeness (QED) is 0.265. The lowest BCUT2D eigenvalue weighted by molar-refractivity contribution is -0.121. The fraction of sp³-hybridized carbons (Fsp3) is 0.156. The van der Waals surface area contributed by atoms with Gasteiger partial charge in [0.15, 0.2) is 11.6 Å². The fourth-order valence-corrected chi connectivity index (χ4v) is 7.71. The van der Waals surface area contributed by atoms with E-state index in [9.17, 15) is 14.4 Å². The van der Waals surface area contributed by atoms with Crippen LogP contribution < -0.4 is 10.2 Å². The van der Waals surface area contributed by atoms with Gasteiger partial charge < -0.3 is 10.2 Å². The van der Waals surface area contributed by atoms with Gasteiger partial charge in [-0.15, -0.1) is 11.3 Å². The van der Waals surface area contributed by atoms with Crippen LogP contribution in [0.2, 0.25) is 0 Å². The zero-order chi connectivity index (χ0) is 26.9. The van der Waals surface area contributed by atoms with Crippen molar-refractivity contribution in [1.29, 1.82) is 0 Å². The average molecular weight is 596 g/mol. The molecule has 7 heteroatoms. The molecule has 1 aromatic heterocycles. The number of nitrogens with one attached hydrogen (secondary N) is 1. The lowest BCUT2D eigenvalue weighted by atomic mass is 9.64. The number of allylic oxidation sites excluding steroid dienone is 1. The molecule has 4 heterocycles. The number of halogens is 1. The Labute approximate surface area is 238 Å². The Hall–Kier alpha value is -3.81. The molecule has 4 aromatic rings. The molecule has 1 N–H and O–H groups in total. The second-order valence-electron chi connectivity index (χ2n) is 10.2. The minimum absolute atomic E-state index is 0.151. The van der Waals surface area contributed by atoms with Crippen molar-refractivity contribution in [1.82, 2.24) is 0 Å². The maximum atomic E-state index is 14.7. The van der Waals surface area contributed by atoms with Crippen molar-refractivity contribution in [3.05, 3.63) is 122 Å². The lowest BCUT2D eigenvalue weighted by Gasteiger charge is -2.39. The van der Waals surface area contributed by atoms with Crippen LogP contribution in [0.15, 0.2) is 101 Å². The number of para-hydroxylation sites is 2. The number of carbonyl (C=O) groups excluding carboxylic acids is 3. The largest absolute Gasteiger partial charge is 0.352 e. The maximum Gasteiger partial charge on any atom is 0.238 e. The number of hydrogen-bond acceptors (Lipinski definition) is 5. The van der Waals surface area contributed by atoms with E-state index in [1.54, 1.807) is 18.2 Å². The number of nitrogens with zero attached hydrogens (tertiary/aromatic N) is 1. The van der Waals surface area contributed by atoms with Gasteiger partial charge in [-0.3, -0.25) is 14.4 Å². The molecule has 1 spiro atoms. The monoisotopic (exact) mass is 594 g/mol. The molecule has 5 nitrogen and oxygen atoms in total. The van der Waals surface area contributed by atoms with Crippen molar-refractivity contribution in [2.45, 2.75) is 24.4 Å². The van der Waals surface area contributed by atoms with Crippen molar-refractivity contribution < 1.29 is 14.4 Å². The predicted octanol–water partition coefficient (Wildman–Crippen LogP) is 6.76. The summed E-state index contributed by atoms with van der Waals surface area (Å²) < 4.78 is 0.847. The minimum Gasteiger partial charge on any atom is -0.352 e. The highest BCUT2D eigenvalue weighted by Crippen LogP contribution is 2.58. The van der Waals surface area contributed by atoms with Gasteiger partial charge in [0.05, 0.1) is 16.8 Å². The minimum atomic E-state index is -1.30. The molecule has 0 saturated carbocycles. The topological polar surface area (TPSA) is 66.5 Å². The van der Waals surface area contributed by atoms with E-state index in [1.807, 2.05) is 83.9 Å². The summed E-state index contributed by atoms with van der Waals surface area (Å²) in [5, 5.41) is 4.95. The number of Topliss-reactive ketones (excluding diaryl/α,β-unsaturated/α-hetero) is 2. The number of thiophene rings is 1. The van der Waals surface area contributed by atoms with Crippen LogP contribution in [-0.2, 0) is 10.2 Å². The van der Waals surface area contributed by atoms with Crippen molar-refractivity contribution in [3.8, 4) is 0 Å². The standard InChI is InChI=1S/C32H23BrN2O3S/c1-18-17-26-32(22-8-3-4-9-23(22)34-31(32)38)27(29(36)19-12-14-20(33)15-13-19)28(30(37)25-11-6-16-39-25)35(26)24-10-5-2-7-21(18)24/h2-17,26-28H,1H3,(H,34,38)/t26-,27+,28+,32-/m1/s1. The van der Waals surface area contributed by atoms with Crippen LogP contribution >= 0.6 is 27.3 Å². The first kappa shape index (κ1) is 24.2. The molecule has 3 aromatic carbocycles. The molecule has 192 valence electrons. The van der Waals surface area contributed by atoms with Crippen molar-refractivity contribution in [2.75, 3.05) is 10.2 Å². The number of amides is 1. The SMILES string of the molecule is CC1=C[C@H]2N(c3ccccc31)[C@H](C(=O)c1cccs1)[C@@H](C(=O)c1ccc(Br)cc1)[C@]21C(=O)Nc2ccccc21. The first-order valence-electron chi connectivity index (χ1n) is 12.8. The van der Waals surface area contributed by atoms with Crippen LogP contribution in [0.3, 0.4) is 0 Å². The number of rotatable bonds is 4. The predicted molar refractivity (Wildman–Crippen MR) is 158 cm³/mol. The first-order valence-corrected chi connectivity index (χ1v) is 14.4. The zero-order valence-electron chi connectivity index (χ0n) is 20.9. The van der Waals surface area contributed by atoms with E-state index in [4.69, 9.17) is 0 Å². The molecule has 0 bridgehead atoms. The Morgan fingerprint density at radius 3 is 2.44 bits per heavy atom. The van der Waals surface area contributed by atoms with Gasteiger partial charge in [-0.05, 0) is 53.8 Å². The highest BCUT2D eigenvalue weighted by atomic mass is 79.9. The van der Waals surface area contributed by atoms with Gasteiger partial charge in [-0.2, -0.15) is 0 Å². The number of anilines is 2. The average Bonchev–Trinajstić information content (AvgIpc) is 3.66. The van der Waals surface area contributed by atoms with Gasteiger partial charge in [0, 0.05) is 27.0 Å². The highest BCUT2D eigenvalue weighted by Gasteiger charge is 2.70. The van der Waals surface area contributed by atoms with E-state index in [1.165, 1.54) is 11.3 Å². The maximum absolute atomic E-state index is 14.7. The number of carbonyl (C=O) groups is 3. The van der Waals surface area contributed by atoms with Crippen LogP contribution in [0.5, 0.6) is 0 Å². The van der Waals surface area contributed by atoms with E-state index in [0.717, 1.165) is 26.9 Å². The van der Waals surface area contributed by atoms with Gasteiger partial charge in [-0.1, -0.05) is 76.6 Å². The third kappa shape index (κ3) is 3.33. The molecule has 7 rings (SSSR count). The Balaban J connectivity index is 1.56. The molecule has 3 aliphatic rings. The molecule has 0 aliphatic carbocycles. The van der Waals surface area contributed by atoms with Gasteiger partial charge in [0.2, 0.25) is 5.91 Å². The highest BCUT2D eigenvalue weighted by molar-refractivity contribution is 9.10. The third-order valence-corrected chi connectivity index (χ3v) is 9.74. The molecule has 0 unspecified atom stereocenters. The summed E-state index contributed by atoms with van der Waals surface area (Å²) in [4.78, 5) is 46.1. The third-order valence-electron chi connectivity index (χ3n) is 8.33. The van der Waals surface area contributed by atoms with Crippen molar-refractivity contribution in [2.24, 2.45) is 5.92 Å². The summed E-state index contributed by atoms with van der Waals surface area (Å²) in [5.74, 6) is -1.58. The molecule has 1 fully saturated rings. The van der Waals surface area contributed by atoms with E-state index < -0.39 is 23.4 Å². The summed E-state index contributed by atoms with van der Waals surface area (Å²) in [6.07, 6.45) is 2.08. The zero-order valence-corrected chi connectivity index (χ0v) is 23.3. The summed E-state index contributed by atoms with van der Waals surface area (Å²) in [7, 11) is 0. The lowest BCUT2D eigenvalue weighted by Crippen LogP contribution is -2.51. The molecule has 0 radical (unpaired) electrons. The molecule has 4 atom stereocenters. The second kappa shape index (κ2) is 8.86. The number of fused-ring (bicyclic) bond motifs is 6. The smallest absolute Gasteiger partial charge is 0.238 e. The van der Waals surface area contributed by atoms with E-state index in [0.29, 0.717) is 16.1 Å². The van der Waals surface area contributed by atoms with Crippen molar-refractivity contribution in [3.63, 3.8) is 0 Å². The number of ketones is 2. The number of hydrogen-bond donors (Lipinski definition) is 1. The summed E-state index contributed by atoms with van der Waals surface area (Å²) in [6, 6.07) is 24.9. The van der Waals surface area contributed by atoms with E-state index in [2.05, 4.69) is 27.3 Å². The van der Waals surface area contributed by atoms with Gasteiger partial charge >= 0.3 is 0 Å². The first-order chi connectivity index (χ1) is 18.9. The molecule has 1 amide bonds. The normalized spacial score (nSPS) is 24.6. The summed E-state index contributed by atoms with van der Waals surface area (Å²) in [6.45, 7) is 2.03. The van der Waals surface area contributed by atoms with Gasteiger partial charge in [0.25, 0.3) is 0 Å². The number of benzene rings is 3. The van der Waals surface area contributed by atoms with Crippen LogP contribution in [0, 0.1) is 5.92 Å². The molecule has 39 heavy (non-hydrogen) atoms. The Morgan fingerprint density at radius 2 is 1.67 bits per heavy atom.